The van der Waals surface area contributed by atoms with E-state index < -0.39 is 52.6 Å². The molecular weight excluding hydrogens is 805 g/mol. The van der Waals surface area contributed by atoms with E-state index in [-0.39, 0.29) is 62.6 Å². The Morgan fingerprint density at radius 2 is 1.03 bits per heavy atom. The normalized spacial score (nSPS) is 11.6. The Labute approximate surface area is 353 Å². The molecule has 0 saturated carbocycles. The topological polar surface area (TPSA) is 261 Å². The highest BCUT2D eigenvalue weighted by molar-refractivity contribution is 6.09. The fourth-order valence-electron chi connectivity index (χ4n) is 5.75. The number of hydrogen-bond donors (Lipinski definition) is 6. The van der Waals surface area contributed by atoms with Crippen molar-refractivity contribution in [3.63, 3.8) is 0 Å². The van der Waals surface area contributed by atoms with Crippen molar-refractivity contribution < 1.29 is 53.1 Å². The average molecular weight is 845 g/mol. The second-order valence-corrected chi connectivity index (χ2v) is 13.8. The van der Waals surface area contributed by atoms with Crippen molar-refractivity contribution in [1.82, 2.24) is 5.32 Å². The molecule has 0 saturated heterocycles. The molecule has 2 unspecified atom stereocenters. The second kappa shape index (κ2) is 20.1. The number of nitrogens with zero attached hydrogens (tertiary/aromatic N) is 1. The maximum atomic E-state index is 13.5. The summed E-state index contributed by atoms with van der Waals surface area (Å²) in [5.74, 6) is -4.81. The number of hydrogen-bond acceptors (Lipinski definition) is 11. The predicted octanol–water partition coefficient (Wildman–Crippen LogP) is 6.18. The van der Waals surface area contributed by atoms with Gasteiger partial charge in [-0.05, 0) is 124 Å². The summed E-state index contributed by atoms with van der Waals surface area (Å²) < 4.78 is 10.9. The molecule has 0 spiro atoms. The Morgan fingerprint density at radius 3 is 1.50 bits per heavy atom. The summed E-state index contributed by atoms with van der Waals surface area (Å²) in [7, 11) is 1.05. The van der Waals surface area contributed by atoms with Crippen molar-refractivity contribution >= 4 is 69.7 Å². The minimum absolute atomic E-state index is 0.00361. The number of methoxy groups -OCH3 is 1. The molecular formula is C44H40N6O12. The van der Waals surface area contributed by atoms with E-state index in [9.17, 15) is 48.8 Å². The number of nitro groups is 1. The van der Waals surface area contributed by atoms with Crippen LogP contribution in [-0.2, 0) is 14.3 Å². The second-order valence-electron chi connectivity index (χ2n) is 13.8. The fourth-order valence-corrected chi connectivity index (χ4v) is 5.75. The number of carboxylic acid groups (broad SMARTS) is 1. The summed E-state index contributed by atoms with van der Waals surface area (Å²) in [5.41, 5.74) is 2.03. The van der Waals surface area contributed by atoms with Gasteiger partial charge in [0.05, 0.1) is 16.7 Å². The molecule has 2 atom stereocenters. The summed E-state index contributed by atoms with van der Waals surface area (Å²) in [4.78, 5) is 99.6. The van der Waals surface area contributed by atoms with Gasteiger partial charge in [0.1, 0.15) is 11.8 Å². The SMILES string of the molecule is COC(C(=O)O)C(NC(=O)c1ccc(NC(=O)c2ccc([N+](=O)[O-])cc2)cc1)C(=O)Nc1ccc(C(=O)Nc2ccc(C(=O)Nc3ccc(C(C)=O)cc3)cc2OC(C)C)cc1. The lowest BCUT2D eigenvalue weighted by Crippen LogP contribution is -2.54. The number of ketones is 1. The van der Waals surface area contributed by atoms with Gasteiger partial charge in [-0.3, -0.25) is 38.9 Å². The van der Waals surface area contributed by atoms with E-state index >= 15 is 0 Å². The molecule has 0 aromatic heterocycles. The van der Waals surface area contributed by atoms with Crippen LogP contribution in [0, 0.1) is 10.1 Å². The molecule has 0 aliphatic heterocycles. The van der Waals surface area contributed by atoms with Gasteiger partial charge in [0.15, 0.2) is 11.9 Å². The largest absolute Gasteiger partial charge is 0.489 e. The van der Waals surface area contributed by atoms with Crippen molar-refractivity contribution in [3.8, 4) is 5.75 Å². The number of amides is 5. The van der Waals surface area contributed by atoms with Crippen LogP contribution >= 0.6 is 0 Å². The summed E-state index contributed by atoms with van der Waals surface area (Å²) >= 11 is 0. The van der Waals surface area contributed by atoms with Crippen molar-refractivity contribution in [2.45, 2.75) is 39.0 Å². The van der Waals surface area contributed by atoms with Gasteiger partial charge in [-0.25, -0.2) is 4.79 Å². The van der Waals surface area contributed by atoms with E-state index in [1.807, 2.05) is 0 Å². The number of carbonyl (C=O) groups excluding carboxylic acids is 6. The molecule has 5 rings (SSSR count). The molecule has 18 nitrogen and oxygen atoms in total. The van der Waals surface area contributed by atoms with E-state index in [1.54, 1.807) is 38.1 Å². The number of aliphatic carboxylic acids is 1. The molecule has 0 aliphatic rings. The van der Waals surface area contributed by atoms with Gasteiger partial charge in [0.2, 0.25) is 5.91 Å². The van der Waals surface area contributed by atoms with Gasteiger partial charge >= 0.3 is 5.97 Å². The predicted molar refractivity (Wildman–Crippen MR) is 227 cm³/mol. The van der Waals surface area contributed by atoms with E-state index in [4.69, 9.17) is 9.47 Å². The van der Waals surface area contributed by atoms with Crippen LogP contribution in [0.25, 0.3) is 0 Å². The van der Waals surface area contributed by atoms with Gasteiger partial charge in [0.25, 0.3) is 29.3 Å². The minimum atomic E-state index is -1.82. The highest BCUT2D eigenvalue weighted by Gasteiger charge is 2.36. The lowest BCUT2D eigenvalue weighted by atomic mass is 10.1. The third kappa shape index (κ3) is 11.7. The Hall–Kier alpha value is -8.25. The quantitative estimate of drug-likeness (QED) is 0.0348. The van der Waals surface area contributed by atoms with E-state index in [0.29, 0.717) is 11.3 Å². The third-order valence-corrected chi connectivity index (χ3v) is 8.93. The van der Waals surface area contributed by atoms with Crippen LogP contribution in [-0.4, -0.2) is 76.7 Å². The zero-order valence-corrected chi connectivity index (χ0v) is 33.6. The molecule has 5 aromatic rings. The first-order chi connectivity index (χ1) is 29.5. The Bertz CT molecular complexity index is 2510. The van der Waals surface area contributed by atoms with Crippen LogP contribution < -0.4 is 31.3 Å². The molecule has 5 aromatic carbocycles. The highest BCUT2D eigenvalue weighted by atomic mass is 16.6. The highest BCUT2D eigenvalue weighted by Crippen LogP contribution is 2.29. The molecule has 62 heavy (non-hydrogen) atoms. The number of carbonyl (C=O) groups is 7. The maximum Gasteiger partial charge on any atom is 0.335 e. The molecule has 5 amide bonds. The number of non-ortho nitro benzene ring substituents is 1. The summed E-state index contributed by atoms with van der Waals surface area (Å²) in [6.07, 6.45) is -2.14. The van der Waals surface area contributed by atoms with Crippen LogP contribution in [0.15, 0.2) is 115 Å². The van der Waals surface area contributed by atoms with E-state index in [2.05, 4.69) is 26.6 Å². The van der Waals surface area contributed by atoms with Gasteiger partial charge in [-0.2, -0.15) is 0 Å². The number of benzene rings is 5. The third-order valence-electron chi connectivity index (χ3n) is 8.93. The average Bonchev–Trinajstić information content (AvgIpc) is 3.24. The Balaban J connectivity index is 1.23. The first kappa shape index (κ1) is 44.8. The van der Waals surface area contributed by atoms with Crippen LogP contribution in [0.4, 0.5) is 28.4 Å². The lowest BCUT2D eigenvalue weighted by Gasteiger charge is -2.23. The zero-order chi connectivity index (χ0) is 45.1. The van der Waals surface area contributed by atoms with Gasteiger partial charge in [-0.15, -0.1) is 0 Å². The van der Waals surface area contributed by atoms with E-state index in [0.717, 1.165) is 7.11 Å². The van der Waals surface area contributed by atoms with Gasteiger partial charge < -0.3 is 41.2 Å². The summed E-state index contributed by atoms with van der Waals surface area (Å²) in [6, 6.07) is 25.1. The number of rotatable bonds is 17. The number of nitrogens with one attached hydrogen (secondary N) is 5. The minimum Gasteiger partial charge on any atom is -0.489 e. The smallest absolute Gasteiger partial charge is 0.335 e. The number of carboxylic acids is 1. The van der Waals surface area contributed by atoms with Crippen molar-refractivity contribution in [2.24, 2.45) is 0 Å². The van der Waals surface area contributed by atoms with E-state index in [1.165, 1.54) is 97.9 Å². The zero-order valence-electron chi connectivity index (χ0n) is 33.6. The van der Waals surface area contributed by atoms with Crippen molar-refractivity contribution in [2.75, 3.05) is 28.4 Å². The number of anilines is 4. The number of nitro benzene ring substituents is 1. The molecule has 0 aliphatic carbocycles. The van der Waals surface area contributed by atoms with Crippen molar-refractivity contribution in [1.29, 1.82) is 0 Å². The molecule has 18 heteroatoms. The number of ether oxygens (including phenoxy) is 2. The molecule has 0 fully saturated rings. The Kier molecular flexibility index (Phi) is 14.6. The first-order valence-corrected chi connectivity index (χ1v) is 18.7. The van der Waals surface area contributed by atoms with Crippen LogP contribution in [0.3, 0.4) is 0 Å². The van der Waals surface area contributed by atoms with Crippen molar-refractivity contribution in [3.05, 3.63) is 153 Å². The first-order valence-electron chi connectivity index (χ1n) is 18.7. The summed E-state index contributed by atoms with van der Waals surface area (Å²) in [5, 5.41) is 33.7. The number of Topliss-reactive ketones (excluding diaryl/α,β-unsaturated/α-hetero) is 1. The standard InChI is InChI=1S/C44H40N6O12/c1-24(2)62-36-23-30(42(55)46-31-14-5-26(6-15-31)25(3)51)13-22-35(36)48-40(53)27-7-18-33(19-8-27)47-43(56)37(38(61-4)44(57)58)49-41(54)28-9-16-32(17-10-28)45-39(52)29-11-20-34(21-12-29)50(59)60/h5-24,37-38H,1-4H3,(H,45,52)(H,46,55)(H,47,56)(H,48,53)(H,49,54)(H,57,58). The molecule has 6 N–H and O–H groups in total. The van der Waals surface area contributed by atoms with Gasteiger partial charge in [0, 0.05) is 64.1 Å². The van der Waals surface area contributed by atoms with Crippen LogP contribution in [0.2, 0.25) is 0 Å². The lowest BCUT2D eigenvalue weighted by molar-refractivity contribution is -0.384. The molecule has 0 bridgehead atoms. The molecule has 0 radical (unpaired) electrons. The summed E-state index contributed by atoms with van der Waals surface area (Å²) in [6.45, 7) is 4.99. The fraction of sp³-hybridized carbons (Fsp3) is 0.159. The Morgan fingerprint density at radius 1 is 0.597 bits per heavy atom. The maximum absolute atomic E-state index is 13.5. The molecule has 318 valence electrons. The van der Waals surface area contributed by atoms with Gasteiger partial charge in [-0.1, -0.05) is 0 Å². The molecule has 0 heterocycles. The van der Waals surface area contributed by atoms with Crippen LogP contribution in [0.5, 0.6) is 5.75 Å². The monoisotopic (exact) mass is 844 g/mol. The van der Waals surface area contributed by atoms with Crippen LogP contribution in [0.1, 0.15) is 72.6 Å².